The normalized spacial score (nSPS) is 13.1. The van der Waals surface area contributed by atoms with E-state index >= 15 is 0 Å². The molecular weight excluding hydrogens is 424 g/mol. The molecule has 0 spiro atoms. The van der Waals surface area contributed by atoms with Crippen LogP contribution in [-0.4, -0.2) is 36.9 Å². The summed E-state index contributed by atoms with van der Waals surface area (Å²) < 4.78 is 2.75. The number of hydrogen-bond acceptors (Lipinski definition) is 5. The molecule has 0 aliphatic carbocycles. The van der Waals surface area contributed by atoms with Gasteiger partial charge in [-0.05, 0) is 40.8 Å². The van der Waals surface area contributed by atoms with Crippen molar-refractivity contribution in [3.8, 4) is 11.4 Å². The number of para-hydroxylation sites is 1. The molecule has 9 heteroatoms. The number of aromatic amines is 1. The lowest BCUT2D eigenvalue weighted by atomic mass is 10.0. The molecule has 0 bridgehead atoms. The first-order valence-electron chi connectivity index (χ1n) is 8.62. The van der Waals surface area contributed by atoms with Gasteiger partial charge in [0.1, 0.15) is 5.69 Å². The average molecular weight is 437 g/mol. The fourth-order valence-electron chi connectivity index (χ4n) is 3.60. The highest BCUT2D eigenvalue weighted by molar-refractivity contribution is 9.10. The van der Waals surface area contributed by atoms with Gasteiger partial charge < -0.3 is 9.88 Å². The summed E-state index contributed by atoms with van der Waals surface area (Å²) in [6.07, 6.45) is 0.383. The first-order chi connectivity index (χ1) is 13.6. The number of ketones is 1. The Bertz CT molecular complexity index is 1250. The summed E-state index contributed by atoms with van der Waals surface area (Å²) in [6.45, 7) is 0.487. The lowest BCUT2D eigenvalue weighted by Gasteiger charge is -2.17. The smallest absolute Gasteiger partial charge is 0.272 e. The van der Waals surface area contributed by atoms with E-state index < -0.39 is 0 Å². The van der Waals surface area contributed by atoms with E-state index in [1.54, 1.807) is 6.07 Å². The molecule has 0 atom stereocenters. The Balaban J connectivity index is 1.57. The summed E-state index contributed by atoms with van der Waals surface area (Å²) in [6, 6.07) is 12.8. The predicted molar refractivity (Wildman–Crippen MR) is 106 cm³/mol. The Kier molecular flexibility index (Phi) is 3.83. The van der Waals surface area contributed by atoms with Crippen LogP contribution in [0, 0.1) is 0 Å². The van der Waals surface area contributed by atoms with Gasteiger partial charge in [0.25, 0.3) is 5.91 Å². The predicted octanol–water partition coefficient (Wildman–Crippen LogP) is 3.42. The molecule has 1 aliphatic rings. The fourth-order valence-corrected chi connectivity index (χ4v) is 3.96. The van der Waals surface area contributed by atoms with E-state index in [0.29, 0.717) is 41.3 Å². The summed E-state index contributed by atoms with van der Waals surface area (Å²) in [5.41, 5.74) is 3.24. The number of halogens is 1. The molecule has 3 heterocycles. The quantitative estimate of drug-likeness (QED) is 0.511. The van der Waals surface area contributed by atoms with Gasteiger partial charge in [-0.3, -0.25) is 9.59 Å². The number of aryl methyl sites for hydroxylation is 1. The van der Waals surface area contributed by atoms with Gasteiger partial charge in [0.2, 0.25) is 0 Å². The number of carbonyl (C=O) groups is 2. The molecule has 8 nitrogen and oxygen atoms in total. The lowest BCUT2D eigenvalue weighted by molar-refractivity contribution is 0.0963. The van der Waals surface area contributed by atoms with Crippen molar-refractivity contribution in [2.75, 3.05) is 5.32 Å². The highest BCUT2D eigenvalue weighted by atomic mass is 79.9. The molecule has 4 aromatic rings. The zero-order chi connectivity index (χ0) is 19.3. The Morgan fingerprint density at radius 2 is 2.07 bits per heavy atom. The maximum atomic E-state index is 13.1. The van der Waals surface area contributed by atoms with E-state index in [1.165, 1.54) is 0 Å². The molecule has 1 aliphatic heterocycles. The summed E-state index contributed by atoms with van der Waals surface area (Å²) in [4.78, 5) is 25.3. The number of nitrogens with one attached hydrogen (secondary N) is 2. The maximum Gasteiger partial charge on any atom is 0.272 e. The minimum absolute atomic E-state index is 0.108. The van der Waals surface area contributed by atoms with Gasteiger partial charge in [0, 0.05) is 34.0 Å². The van der Waals surface area contributed by atoms with Crippen LogP contribution in [0.5, 0.6) is 0 Å². The van der Waals surface area contributed by atoms with Crippen LogP contribution in [0.15, 0.2) is 46.9 Å². The van der Waals surface area contributed by atoms with Gasteiger partial charge in [-0.2, -0.15) is 0 Å². The molecule has 1 amide bonds. The molecule has 0 saturated heterocycles. The second-order valence-electron chi connectivity index (χ2n) is 6.49. The molecule has 0 unspecified atom stereocenters. The van der Waals surface area contributed by atoms with E-state index in [1.807, 2.05) is 41.0 Å². The Labute approximate surface area is 167 Å². The van der Waals surface area contributed by atoms with Crippen LogP contribution >= 0.6 is 15.9 Å². The van der Waals surface area contributed by atoms with Crippen molar-refractivity contribution < 1.29 is 9.59 Å². The first-order valence-corrected chi connectivity index (χ1v) is 9.41. The van der Waals surface area contributed by atoms with Crippen molar-refractivity contribution in [1.29, 1.82) is 0 Å². The van der Waals surface area contributed by atoms with Crippen LogP contribution in [0.4, 0.5) is 5.69 Å². The Hall–Kier alpha value is -3.33. The fraction of sp³-hybridized carbons (Fsp3) is 0.105. The molecule has 0 fully saturated rings. The minimum atomic E-state index is -0.257. The largest absolute Gasteiger partial charge is 0.335 e. The van der Waals surface area contributed by atoms with Crippen LogP contribution < -0.4 is 5.32 Å². The van der Waals surface area contributed by atoms with Crippen LogP contribution in [0.25, 0.3) is 22.3 Å². The maximum absolute atomic E-state index is 13.1. The van der Waals surface area contributed by atoms with Gasteiger partial charge in [-0.1, -0.05) is 28.1 Å². The van der Waals surface area contributed by atoms with Crippen LogP contribution in [-0.2, 0) is 6.54 Å². The van der Waals surface area contributed by atoms with E-state index in [2.05, 4.69) is 41.9 Å². The van der Waals surface area contributed by atoms with Crippen molar-refractivity contribution in [2.45, 2.75) is 13.0 Å². The van der Waals surface area contributed by atoms with Gasteiger partial charge in [-0.25, -0.2) is 5.10 Å². The molecular formula is C19H13BrN6O2. The van der Waals surface area contributed by atoms with Gasteiger partial charge in [0.15, 0.2) is 11.6 Å². The number of Topliss-reactive ketones (excluding diaryl/α,β-unsaturated/α-hetero) is 1. The van der Waals surface area contributed by atoms with Crippen LogP contribution in [0.3, 0.4) is 0 Å². The highest BCUT2D eigenvalue weighted by Gasteiger charge is 2.25. The molecule has 2 N–H and O–H groups in total. The molecule has 5 rings (SSSR count). The van der Waals surface area contributed by atoms with Crippen molar-refractivity contribution >= 4 is 44.2 Å². The number of aromatic nitrogens is 5. The Morgan fingerprint density at radius 1 is 1.18 bits per heavy atom. The zero-order valence-corrected chi connectivity index (χ0v) is 16.0. The van der Waals surface area contributed by atoms with Crippen molar-refractivity contribution in [1.82, 2.24) is 25.2 Å². The summed E-state index contributed by atoms with van der Waals surface area (Å²) in [5, 5.41) is 17.7. The Morgan fingerprint density at radius 3 is 2.89 bits per heavy atom. The molecule has 0 radical (unpaired) electrons. The minimum Gasteiger partial charge on any atom is -0.335 e. The molecule has 138 valence electrons. The number of carbonyl (C=O) groups excluding carboxylic acids is 2. The zero-order valence-electron chi connectivity index (χ0n) is 14.4. The average Bonchev–Trinajstić information content (AvgIpc) is 3.35. The topological polar surface area (TPSA) is 106 Å². The number of hydrogen-bond donors (Lipinski definition) is 2. The number of anilines is 1. The van der Waals surface area contributed by atoms with Gasteiger partial charge in [-0.15, -0.1) is 5.10 Å². The van der Waals surface area contributed by atoms with Crippen molar-refractivity contribution in [2.24, 2.45) is 0 Å². The number of tetrazole rings is 1. The standard InChI is InChI=1S/C19H13BrN6O2/c20-11-4-5-14(13(9-11)18-22-24-25-23-18)21-19(28)15-8-10-2-1-3-12-16(27)6-7-26(15)17(10)12/h1-5,8-9H,6-7H2,(H,21,28)(H,22,23,24,25). The van der Waals surface area contributed by atoms with Crippen molar-refractivity contribution in [3.05, 3.63) is 58.2 Å². The summed E-state index contributed by atoms with van der Waals surface area (Å²) in [5.74, 6) is 0.301. The second kappa shape index (κ2) is 6.38. The van der Waals surface area contributed by atoms with Crippen LogP contribution in [0.1, 0.15) is 27.3 Å². The molecule has 2 aromatic carbocycles. The highest BCUT2D eigenvalue weighted by Crippen LogP contribution is 2.31. The van der Waals surface area contributed by atoms with Gasteiger partial charge in [0.05, 0.1) is 11.2 Å². The van der Waals surface area contributed by atoms with E-state index in [0.717, 1.165) is 15.4 Å². The van der Waals surface area contributed by atoms with E-state index in [4.69, 9.17) is 0 Å². The van der Waals surface area contributed by atoms with Crippen molar-refractivity contribution in [3.63, 3.8) is 0 Å². The third kappa shape index (κ3) is 2.63. The van der Waals surface area contributed by atoms with E-state index in [9.17, 15) is 9.59 Å². The molecule has 28 heavy (non-hydrogen) atoms. The first kappa shape index (κ1) is 16.8. The monoisotopic (exact) mass is 436 g/mol. The van der Waals surface area contributed by atoms with Crippen LogP contribution in [0.2, 0.25) is 0 Å². The summed E-state index contributed by atoms with van der Waals surface area (Å²) in [7, 11) is 0. The number of H-pyrrole nitrogens is 1. The number of nitrogens with zero attached hydrogens (tertiary/aromatic N) is 4. The SMILES string of the molecule is O=C1CCn2c(C(=O)Nc3ccc(Br)cc3-c3nnn[nH]3)cc3cccc1c32. The third-order valence-electron chi connectivity index (χ3n) is 4.85. The number of rotatable bonds is 3. The molecule has 0 saturated carbocycles. The number of benzene rings is 2. The summed E-state index contributed by atoms with van der Waals surface area (Å²) >= 11 is 3.43. The second-order valence-corrected chi connectivity index (χ2v) is 7.41. The number of amides is 1. The van der Waals surface area contributed by atoms with Gasteiger partial charge >= 0.3 is 0 Å². The lowest BCUT2D eigenvalue weighted by Crippen LogP contribution is -2.21. The molecule has 2 aromatic heterocycles. The third-order valence-corrected chi connectivity index (χ3v) is 5.34. The van der Waals surface area contributed by atoms with E-state index in [-0.39, 0.29) is 11.7 Å².